The van der Waals surface area contributed by atoms with Crippen molar-refractivity contribution in [3.63, 3.8) is 0 Å². The first-order valence-electron chi connectivity index (χ1n) is 16.4. The highest BCUT2D eigenvalue weighted by atomic mass is 16.5. The Bertz CT molecular complexity index is 2350. The summed E-state index contributed by atoms with van der Waals surface area (Å²) in [5, 5.41) is 84.0. The maximum absolute atomic E-state index is 11.8. The van der Waals surface area contributed by atoms with Gasteiger partial charge in [-0.25, -0.2) is 0 Å². The van der Waals surface area contributed by atoms with E-state index in [1.807, 2.05) is 0 Å². The van der Waals surface area contributed by atoms with Crippen LogP contribution in [0.15, 0.2) is 109 Å². The second kappa shape index (κ2) is 12.4. The molecule has 0 fully saturated rings. The maximum atomic E-state index is 11.8. The zero-order chi connectivity index (χ0) is 36.3. The first-order valence-corrected chi connectivity index (χ1v) is 16.4. The standard InChI is InChI=1S/C42H32O10/c43-27-8-4-23(5-9-27)41-37(25-15-30(46)19-31(47)16-25)40-34(50)17-26(18-36(40)52-41)38-39-33(49)13-21(1-2-22-3-12-29(45)20-32(22)48)14-35(39)51-42(38)24-6-10-28(44)11-7-24/h1-20,37-38,41-50H/b2-1+/t37-,38-,41+,42+/m0/s1. The SMILES string of the molecule is Oc1ccc([C@H]2Oc3cc(/C=C/c4ccc(O)cc4O)cc(O)c3[C@@H]2c2cc(O)c3c(c2)O[C@H](c2ccc(O)cc2)[C@H]3c2cc(O)cc(O)c2)cc1. The van der Waals surface area contributed by atoms with Gasteiger partial charge in [-0.15, -0.1) is 0 Å². The zero-order valence-corrected chi connectivity index (χ0v) is 27.3. The Morgan fingerprint density at radius 1 is 0.385 bits per heavy atom. The number of benzene rings is 6. The van der Waals surface area contributed by atoms with E-state index in [0.717, 1.165) is 0 Å². The van der Waals surface area contributed by atoms with Gasteiger partial charge in [-0.3, -0.25) is 0 Å². The highest BCUT2D eigenvalue weighted by molar-refractivity contribution is 5.75. The van der Waals surface area contributed by atoms with Crippen LogP contribution in [0.1, 0.15) is 68.6 Å². The first kappa shape index (κ1) is 32.3. The Morgan fingerprint density at radius 2 is 0.885 bits per heavy atom. The third-order valence-corrected chi connectivity index (χ3v) is 9.58. The average molecular weight is 697 g/mol. The molecule has 0 saturated carbocycles. The molecule has 0 bridgehead atoms. The maximum Gasteiger partial charge on any atom is 0.135 e. The summed E-state index contributed by atoms with van der Waals surface area (Å²) in [5.74, 6) is -1.17. The van der Waals surface area contributed by atoms with Crippen LogP contribution in [0.25, 0.3) is 12.2 Å². The zero-order valence-electron chi connectivity index (χ0n) is 27.3. The number of rotatable bonds is 6. The molecule has 8 N–H and O–H groups in total. The Labute approximate surface area is 297 Å². The van der Waals surface area contributed by atoms with Gasteiger partial charge in [-0.05, 0) is 101 Å². The lowest BCUT2D eigenvalue weighted by Gasteiger charge is -2.22. The van der Waals surface area contributed by atoms with Crippen molar-refractivity contribution in [2.75, 3.05) is 0 Å². The summed E-state index contributed by atoms with van der Waals surface area (Å²) in [7, 11) is 0. The van der Waals surface area contributed by atoms with Crippen LogP contribution in [0.3, 0.4) is 0 Å². The molecule has 0 unspecified atom stereocenters. The molecule has 6 aromatic rings. The van der Waals surface area contributed by atoms with Gasteiger partial charge in [0.15, 0.2) is 0 Å². The fourth-order valence-corrected chi connectivity index (χ4v) is 7.26. The number of hydrogen-bond donors (Lipinski definition) is 8. The second-order valence-electron chi connectivity index (χ2n) is 13.0. The molecule has 0 amide bonds. The minimum absolute atomic E-state index is 0.0630. The molecule has 0 radical (unpaired) electrons. The van der Waals surface area contributed by atoms with Gasteiger partial charge in [0.05, 0.1) is 11.8 Å². The number of phenolic OH excluding ortho intramolecular Hbond substituents is 8. The van der Waals surface area contributed by atoms with E-state index in [1.165, 1.54) is 54.6 Å². The molecule has 0 saturated heterocycles. The van der Waals surface area contributed by atoms with E-state index < -0.39 is 24.0 Å². The van der Waals surface area contributed by atoms with Gasteiger partial charge < -0.3 is 50.3 Å². The van der Waals surface area contributed by atoms with Gasteiger partial charge in [-0.1, -0.05) is 36.4 Å². The van der Waals surface area contributed by atoms with Gasteiger partial charge in [0, 0.05) is 28.8 Å². The summed E-state index contributed by atoms with van der Waals surface area (Å²) in [6.45, 7) is 0. The summed E-state index contributed by atoms with van der Waals surface area (Å²) in [4.78, 5) is 0. The van der Waals surface area contributed by atoms with Crippen LogP contribution >= 0.6 is 0 Å². The summed E-state index contributed by atoms with van der Waals surface area (Å²) in [6, 6.07) is 28.1. The third kappa shape index (κ3) is 5.75. The molecule has 0 aliphatic carbocycles. The van der Waals surface area contributed by atoms with Crippen molar-refractivity contribution in [1.82, 2.24) is 0 Å². The molecule has 2 aliphatic heterocycles. The largest absolute Gasteiger partial charge is 0.508 e. The lowest BCUT2D eigenvalue weighted by Crippen LogP contribution is -2.11. The summed E-state index contributed by atoms with van der Waals surface area (Å²) in [6.07, 6.45) is 1.92. The van der Waals surface area contributed by atoms with E-state index in [-0.39, 0.29) is 46.0 Å². The molecule has 260 valence electrons. The summed E-state index contributed by atoms with van der Waals surface area (Å²) < 4.78 is 13.1. The fourth-order valence-electron chi connectivity index (χ4n) is 7.26. The number of phenols is 8. The van der Waals surface area contributed by atoms with Crippen molar-refractivity contribution in [3.8, 4) is 57.5 Å². The summed E-state index contributed by atoms with van der Waals surface area (Å²) >= 11 is 0. The molecule has 10 nitrogen and oxygen atoms in total. The molecule has 52 heavy (non-hydrogen) atoms. The van der Waals surface area contributed by atoms with E-state index in [1.54, 1.807) is 66.7 Å². The molecule has 2 heterocycles. The lowest BCUT2D eigenvalue weighted by molar-refractivity contribution is 0.218. The van der Waals surface area contributed by atoms with Crippen LogP contribution in [0.4, 0.5) is 0 Å². The Balaban J connectivity index is 1.25. The normalized spacial score (nSPS) is 18.8. The van der Waals surface area contributed by atoms with Gasteiger partial charge in [0.2, 0.25) is 0 Å². The van der Waals surface area contributed by atoms with E-state index in [2.05, 4.69) is 0 Å². The monoisotopic (exact) mass is 696 g/mol. The highest BCUT2D eigenvalue weighted by Crippen LogP contribution is 2.58. The minimum atomic E-state index is -0.714. The second-order valence-corrected chi connectivity index (χ2v) is 13.0. The topological polar surface area (TPSA) is 180 Å². The molecule has 8 rings (SSSR count). The van der Waals surface area contributed by atoms with Gasteiger partial charge in [-0.2, -0.15) is 0 Å². The molecule has 0 aromatic heterocycles. The Kier molecular flexibility index (Phi) is 7.72. The quantitative estimate of drug-likeness (QED) is 0.0795. The van der Waals surface area contributed by atoms with Crippen molar-refractivity contribution < 1.29 is 50.3 Å². The molecule has 0 spiro atoms. The number of hydrogen-bond acceptors (Lipinski definition) is 10. The molecule has 2 aliphatic rings. The number of fused-ring (bicyclic) bond motifs is 2. The smallest absolute Gasteiger partial charge is 0.135 e. The van der Waals surface area contributed by atoms with Crippen molar-refractivity contribution >= 4 is 12.2 Å². The molecule has 10 heteroatoms. The molecular weight excluding hydrogens is 664 g/mol. The van der Waals surface area contributed by atoms with Crippen molar-refractivity contribution in [2.24, 2.45) is 0 Å². The Morgan fingerprint density at radius 3 is 1.44 bits per heavy atom. The molecule has 4 atom stereocenters. The average Bonchev–Trinajstić information content (AvgIpc) is 3.68. The highest BCUT2D eigenvalue weighted by Gasteiger charge is 2.43. The van der Waals surface area contributed by atoms with Crippen LogP contribution in [0, 0.1) is 0 Å². The van der Waals surface area contributed by atoms with E-state index in [4.69, 9.17) is 9.47 Å². The fraction of sp³-hybridized carbons (Fsp3) is 0.0952. The van der Waals surface area contributed by atoms with Gasteiger partial charge in [0.25, 0.3) is 0 Å². The van der Waals surface area contributed by atoms with Crippen LogP contribution < -0.4 is 9.47 Å². The van der Waals surface area contributed by atoms with Crippen LogP contribution in [0.5, 0.6) is 57.5 Å². The van der Waals surface area contributed by atoms with Crippen LogP contribution in [-0.4, -0.2) is 40.9 Å². The van der Waals surface area contributed by atoms with E-state index in [0.29, 0.717) is 56.0 Å². The van der Waals surface area contributed by atoms with Gasteiger partial charge >= 0.3 is 0 Å². The minimum Gasteiger partial charge on any atom is -0.508 e. The lowest BCUT2D eigenvalue weighted by atomic mass is 9.81. The van der Waals surface area contributed by atoms with Gasteiger partial charge in [0.1, 0.15) is 69.7 Å². The molecule has 6 aromatic carbocycles. The van der Waals surface area contributed by atoms with E-state index >= 15 is 0 Å². The van der Waals surface area contributed by atoms with Crippen molar-refractivity contribution in [1.29, 1.82) is 0 Å². The predicted octanol–water partition coefficient (Wildman–Crippen LogP) is 8.03. The van der Waals surface area contributed by atoms with Crippen molar-refractivity contribution in [3.05, 3.63) is 154 Å². The third-order valence-electron chi connectivity index (χ3n) is 9.58. The van der Waals surface area contributed by atoms with E-state index in [9.17, 15) is 40.9 Å². The number of aromatic hydroxyl groups is 8. The van der Waals surface area contributed by atoms with Crippen molar-refractivity contribution in [2.45, 2.75) is 24.0 Å². The van der Waals surface area contributed by atoms with Crippen LogP contribution in [0.2, 0.25) is 0 Å². The number of ether oxygens (including phenoxy) is 2. The first-order chi connectivity index (χ1) is 25.0. The van der Waals surface area contributed by atoms with Crippen LogP contribution in [-0.2, 0) is 0 Å². The molecular formula is C42H32O10. The Hall–Kier alpha value is -6.94. The summed E-state index contributed by atoms with van der Waals surface area (Å²) in [5.41, 5.74) is 4.34. The predicted molar refractivity (Wildman–Crippen MR) is 191 cm³/mol.